The minimum absolute atomic E-state index is 0.141. The molecule has 1 aliphatic rings. The third kappa shape index (κ3) is 9.64. The molecule has 2 aromatic carbocycles. The number of fused-ring (bicyclic) bond motifs is 1. The smallest absolute Gasteiger partial charge is 0.258 e. The second-order valence-electron chi connectivity index (χ2n) is 13.3. The first-order valence-corrected chi connectivity index (χ1v) is 18.1. The van der Waals surface area contributed by atoms with Crippen molar-refractivity contribution in [3.05, 3.63) is 72.6 Å². The van der Waals surface area contributed by atoms with Crippen molar-refractivity contribution in [1.82, 2.24) is 25.8 Å². The SMILES string of the molecule is CSCC(NC(=O)COc1cccc2cnccc12)C(=O)NC(Cc1ccccc1)C(O)C(=O)N1CSC(C)(C)C1C(=O)NC(C)(C)C. The van der Waals surface area contributed by atoms with E-state index in [0.29, 0.717) is 5.75 Å². The van der Waals surface area contributed by atoms with Crippen molar-refractivity contribution < 1.29 is 29.0 Å². The molecular formula is C35H45N5O6S2. The van der Waals surface area contributed by atoms with E-state index in [1.165, 1.54) is 28.4 Å². The maximum Gasteiger partial charge on any atom is 0.258 e. The van der Waals surface area contributed by atoms with E-state index >= 15 is 0 Å². The summed E-state index contributed by atoms with van der Waals surface area (Å²) >= 11 is 2.81. The number of aromatic nitrogens is 1. The van der Waals surface area contributed by atoms with Crippen molar-refractivity contribution in [2.45, 2.75) is 75.6 Å². The Morgan fingerprint density at radius 1 is 1.08 bits per heavy atom. The van der Waals surface area contributed by atoms with Gasteiger partial charge in [0.1, 0.15) is 17.8 Å². The zero-order chi connectivity index (χ0) is 35.1. The van der Waals surface area contributed by atoms with Gasteiger partial charge in [0.15, 0.2) is 12.7 Å². The van der Waals surface area contributed by atoms with Gasteiger partial charge >= 0.3 is 0 Å². The molecule has 4 unspecified atom stereocenters. The Balaban J connectivity index is 1.50. The van der Waals surface area contributed by atoms with Crippen molar-refractivity contribution >= 4 is 57.9 Å². The molecule has 0 saturated carbocycles. The third-order valence-electron chi connectivity index (χ3n) is 7.82. The van der Waals surface area contributed by atoms with Gasteiger partial charge in [-0.1, -0.05) is 42.5 Å². The zero-order valence-electron chi connectivity index (χ0n) is 28.2. The van der Waals surface area contributed by atoms with Gasteiger partial charge in [0.05, 0.1) is 11.9 Å². The summed E-state index contributed by atoms with van der Waals surface area (Å²) in [6.45, 7) is 9.06. The zero-order valence-corrected chi connectivity index (χ0v) is 29.8. The highest BCUT2D eigenvalue weighted by Gasteiger charge is 2.50. The lowest BCUT2D eigenvalue weighted by Crippen LogP contribution is -2.61. The first kappa shape index (κ1) is 37.0. The van der Waals surface area contributed by atoms with Crippen LogP contribution in [0.25, 0.3) is 10.8 Å². The second kappa shape index (κ2) is 16.1. The fraction of sp³-hybridized carbons (Fsp3) is 0.457. The molecule has 4 atom stereocenters. The number of hydrogen-bond acceptors (Lipinski definition) is 9. The summed E-state index contributed by atoms with van der Waals surface area (Å²) < 4.78 is 5.19. The number of thioether (sulfide) groups is 2. The Labute approximate surface area is 290 Å². The van der Waals surface area contributed by atoms with Crippen molar-refractivity contribution in [2.24, 2.45) is 0 Å². The van der Waals surface area contributed by atoms with Crippen LogP contribution in [-0.2, 0) is 25.6 Å². The lowest BCUT2D eigenvalue weighted by Gasteiger charge is -2.35. The van der Waals surface area contributed by atoms with Crippen LogP contribution in [0.3, 0.4) is 0 Å². The number of carbonyl (C=O) groups excluding carboxylic acids is 4. The molecule has 0 bridgehead atoms. The average molecular weight is 696 g/mol. The summed E-state index contributed by atoms with van der Waals surface area (Å²) in [6.07, 6.45) is 3.63. The van der Waals surface area contributed by atoms with Crippen LogP contribution in [0.15, 0.2) is 67.0 Å². The topological polar surface area (TPSA) is 150 Å². The molecule has 2 heterocycles. The molecule has 1 aliphatic heterocycles. The first-order chi connectivity index (χ1) is 22.7. The maximum absolute atomic E-state index is 14.0. The highest BCUT2D eigenvalue weighted by Crippen LogP contribution is 2.40. The van der Waals surface area contributed by atoms with E-state index in [1.54, 1.807) is 24.5 Å². The molecule has 0 radical (unpaired) electrons. The summed E-state index contributed by atoms with van der Waals surface area (Å²) in [4.78, 5) is 59.6. The Kier molecular flexibility index (Phi) is 12.4. The Bertz CT molecular complexity index is 1590. The normalized spacial score (nSPS) is 17.6. The number of aliphatic hydroxyl groups excluding tert-OH is 1. The number of benzene rings is 2. The van der Waals surface area contributed by atoms with Gasteiger partial charge in [-0.2, -0.15) is 11.8 Å². The fourth-order valence-electron chi connectivity index (χ4n) is 5.53. The van der Waals surface area contributed by atoms with Gasteiger partial charge in [0.2, 0.25) is 11.8 Å². The summed E-state index contributed by atoms with van der Waals surface area (Å²) in [5.41, 5.74) is 0.267. The number of nitrogens with one attached hydrogen (secondary N) is 3. The minimum atomic E-state index is -1.66. The van der Waals surface area contributed by atoms with E-state index < -0.39 is 52.2 Å². The van der Waals surface area contributed by atoms with Crippen LogP contribution in [0, 0.1) is 0 Å². The van der Waals surface area contributed by atoms with Crippen LogP contribution in [0.5, 0.6) is 5.75 Å². The van der Waals surface area contributed by atoms with Gasteiger partial charge in [0, 0.05) is 39.2 Å². The summed E-state index contributed by atoms with van der Waals surface area (Å²) in [6, 6.07) is 13.6. The minimum Gasteiger partial charge on any atom is -0.483 e. The molecule has 48 heavy (non-hydrogen) atoms. The fourth-order valence-corrected chi connectivity index (χ4v) is 7.24. The molecule has 13 heteroatoms. The molecule has 258 valence electrons. The third-order valence-corrected chi connectivity index (χ3v) is 9.86. The highest BCUT2D eigenvalue weighted by atomic mass is 32.2. The van der Waals surface area contributed by atoms with Crippen LogP contribution in [-0.4, -0.2) is 97.6 Å². The number of carbonyl (C=O) groups is 4. The molecule has 11 nitrogen and oxygen atoms in total. The monoisotopic (exact) mass is 695 g/mol. The molecule has 4 N–H and O–H groups in total. The molecule has 0 spiro atoms. The van der Waals surface area contributed by atoms with Crippen LogP contribution in [0.2, 0.25) is 0 Å². The van der Waals surface area contributed by atoms with Crippen molar-refractivity contribution in [1.29, 1.82) is 0 Å². The summed E-state index contributed by atoms with van der Waals surface area (Å²) in [7, 11) is 0. The summed E-state index contributed by atoms with van der Waals surface area (Å²) in [5.74, 6) is -1.07. The summed E-state index contributed by atoms with van der Waals surface area (Å²) in [5, 5.41) is 21.8. The van der Waals surface area contributed by atoms with Crippen LogP contribution >= 0.6 is 23.5 Å². The van der Waals surface area contributed by atoms with E-state index in [4.69, 9.17) is 4.74 Å². The molecule has 1 fully saturated rings. The number of rotatable bonds is 13. The molecule has 4 amide bonds. The van der Waals surface area contributed by atoms with Gasteiger partial charge in [0.25, 0.3) is 11.8 Å². The Morgan fingerprint density at radius 2 is 1.81 bits per heavy atom. The van der Waals surface area contributed by atoms with E-state index in [1.807, 2.05) is 83.3 Å². The van der Waals surface area contributed by atoms with Crippen molar-refractivity contribution in [2.75, 3.05) is 24.5 Å². The predicted octanol–water partition coefficient (Wildman–Crippen LogP) is 3.14. The molecule has 3 aromatic rings. The number of pyridine rings is 1. The quantitative estimate of drug-likeness (QED) is 0.212. The number of aliphatic hydroxyl groups is 1. The largest absolute Gasteiger partial charge is 0.483 e. The van der Waals surface area contributed by atoms with E-state index in [0.717, 1.165) is 16.3 Å². The van der Waals surface area contributed by atoms with Crippen molar-refractivity contribution in [3.63, 3.8) is 0 Å². The molecule has 0 aliphatic carbocycles. The first-order valence-electron chi connectivity index (χ1n) is 15.7. The van der Waals surface area contributed by atoms with Gasteiger partial charge < -0.3 is 30.7 Å². The van der Waals surface area contributed by atoms with Gasteiger partial charge in [-0.25, -0.2) is 0 Å². The number of ether oxygens (including phenoxy) is 1. The molecule has 1 aromatic heterocycles. The predicted molar refractivity (Wildman–Crippen MR) is 191 cm³/mol. The average Bonchev–Trinajstić information content (AvgIpc) is 3.36. The molecular weight excluding hydrogens is 651 g/mol. The number of amides is 4. The maximum atomic E-state index is 14.0. The van der Waals surface area contributed by atoms with E-state index in [-0.39, 0.29) is 30.6 Å². The molecule has 1 saturated heterocycles. The number of nitrogens with zero attached hydrogens (tertiary/aromatic N) is 2. The number of hydrogen-bond donors (Lipinski definition) is 4. The van der Waals surface area contributed by atoms with Crippen molar-refractivity contribution in [3.8, 4) is 5.75 Å². The molecule has 4 rings (SSSR count). The van der Waals surface area contributed by atoms with Gasteiger partial charge in [-0.15, -0.1) is 11.8 Å². The van der Waals surface area contributed by atoms with E-state index in [2.05, 4.69) is 20.9 Å². The Hall–Kier alpha value is -3.81. The van der Waals surface area contributed by atoms with Gasteiger partial charge in [-0.05, 0) is 65.0 Å². The highest BCUT2D eigenvalue weighted by molar-refractivity contribution is 8.00. The standard InChI is InChI=1S/C35H45N5O6S2/c1-34(2,3)39-32(44)30-35(4,5)48-21-40(30)33(45)29(42)25(17-22-11-8-7-9-12-22)38-31(43)26(20-47-6)37-28(41)19-46-27-14-10-13-23-18-36-16-15-24(23)27/h7-16,18,25-26,29-30,42H,17,19-21H2,1-6H3,(H,37,41)(H,38,43)(H,39,44). The van der Waals surface area contributed by atoms with Crippen LogP contribution < -0.4 is 20.7 Å². The van der Waals surface area contributed by atoms with Crippen LogP contribution in [0.4, 0.5) is 0 Å². The van der Waals surface area contributed by atoms with Gasteiger partial charge in [-0.3, -0.25) is 24.2 Å². The lowest BCUT2D eigenvalue weighted by molar-refractivity contribution is -0.148. The Morgan fingerprint density at radius 3 is 2.50 bits per heavy atom. The second-order valence-corrected chi connectivity index (χ2v) is 15.8. The lowest BCUT2D eigenvalue weighted by atomic mass is 9.96. The van der Waals surface area contributed by atoms with Crippen LogP contribution in [0.1, 0.15) is 40.2 Å². The van der Waals surface area contributed by atoms with E-state index in [9.17, 15) is 24.3 Å².